The van der Waals surface area contributed by atoms with Crippen molar-refractivity contribution in [3.8, 4) is 0 Å². The largest absolute Gasteiger partial charge is 0.481 e. The number of rotatable bonds is 7. The van der Waals surface area contributed by atoms with Gasteiger partial charge in [-0.05, 0) is 39.0 Å². The second-order valence-corrected chi connectivity index (χ2v) is 7.16. The second kappa shape index (κ2) is 7.66. The van der Waals surface area contributed by atoms with Crippen LogP contribution in [0.4, 0.5) is 4.79 Å². The Morgan fingerprint density at radius 2 is 1.86 bits per heavy atom. The summed E-state index contributed by atoms with van der Waals surface area (Å²) < 4.78 is 0. The maximum atomic E-state index is 12.4. The molecule has 1 aliphatic rings. The van der Waals surface area contributed by atoms with Crippen molar-refractivity contribution in [1.82, 2.24) is 10.2 Å². The third-order valence-electron chi connectivity index (χ3n) is 4.23. The highest BCUT2D eigenvalue weighted by molar-refractivity contribution is 5.77. The molecule has 0 aromatic carbocycles. The lowest BCUT2D eigenvalue weighted by Gasteiger charge is -2.31. The molecule has 122 valence electrons. The van der Waals surface area contributed by atoms with Gasteiger partial charge in [0, 0.05) is 19.1 Å². The highest BCUT2D eigenvalue weighted by Crippen LogP contribution is 2.24. The molecule has 21 heavy (non-hydrogen) atoms. The number of amides is 2. The highest BCUT2D eigenvalue weighted by Gasteiger charge is 2.31. The summed E-state index contributed by atoms with van der Waals surface area (Å²) in [6.45, 7) is 8.47. The van der Waals surface area contributed by atoms with E-state index in [9.17, 15) is 9.59 Å². The Morgan fingerprint density at radius 3 is 2.33 bits per heavy atom. The molecular weight excluding hydrogens is 268 g/mol. The Morgan fingerprint density at radius 1 is 1.29 bits per heavy atom. The molecule has 2 amide bonds. The molecule has 1 rings (SSSR count). The third kappa shape index (κ3) is 5.56. The second-order valence-electron chi connectivity index (χ2n) is 7.16. The molecule has 0 saturated heterocycles. The molecule has 0 bridgehead atoms. The number of hydrogen-bond donors (Lipinski definition) is 2. The summed E-state index contributed by atoms with van der Waals surface area (Å²) in [6.07, 6.45) is 5.46. The fraction of sp³-hybridized carbons (Fsp3) is 0.875. The van der Waals surface area contributed by atoms with E-state index in [1.54, 1.807) is 13.8 Å². The topological polar surface area (TPSA) is 69.6 Å². The molecule has 0 atom stereocenters. The first-order valence-electron chi connectivity index (χ1n) is 8.02. The van der Waals surface area contributed by atoms with Crippen molar-refractivity contribution < 1.29 is 14.7 Å². The molecule has 5 nitrogen and oxygen atoms in total. The summed E-state index contributed by atoms with van der Waals surface area (Å²) in [5.74, 6) is -0.338. The number of hydrogen-bond acceptors (Lipinski definition) is 2. The maximum Gasteiger partial charge on any atom is 0.317 e. The van der Waals surface area contributed by atoms with E-state index in [0.717, 1.165) is 25.8 Å². The average molecular weight is 298 g/mol. The Kier molecular flexibility index (Phi) is 6.49. The van der Waals surface area contributed by atoms with E-state index in [1.807, 2.05) is 4.90 Å². The summed E-state index contributed by atoms with van der Waals surface area (Å²) in [4.78, 5) is 25.5. The van der Waals surface area contributed by atoms with Crippen LogP contribution in [0.25, 0.3) is 0 Å². The van der Waals surface area contributed by atoms with Gasteiger partial charge in [-0.1, -0.05) is 26.7 Å². The van der Waals surface area contributed by atoms with Crippen molar-refractivity contribution >= 4 is 12.0 Å². The van der Waals surface area contributed by atoms with Gasteiger partial charge in [0.2, 0.25) is 0 Å². The van der Waals surface area contributed by atoms with Crippen molar-refractivity contribution in [3.05, 3.63) is 0 Å². The Labute approximate surface area is 128 Å². The van der Waals surface area contributed by atoms with Gasteiger partial charge in [-0.3, -0.25) is 4.79 Å². The molecule has 1 aliphatic carbocycles. The molecule has 0 radical (unpaired) electrons. The van der Waals surface area contributed by atoms with Gasteiger partial charge in [0.25, 0.3) is 0 Å². The lowest BCUT2D eigenvalue weighted by Crippen LogP contribution is -2.49. The Bertz CT molecular complexity index is 361. The van der Waals surface area contributed by atoms with Crippen molar-refractivity contribution in [3.63, 3.8) is 0 Å². The van der Waals surface area contributed by atoms with Crippen LogP contribution in [-0.4, -0.2) is 41.1 Å². The zero-order chi connectivity index (χ0) is 16.0. The van der Waals surface area contributed by atoms with Gasteiger partial charge >= 0.3 is 12.0 Å². The van der Waals surface area contributed by atoms with Crippen LogP contribution in [0.1, 0.15) is 59.8 Å². The first-order valence-corrected chi connectivity index (χ1v) is 8.02. The first kappa shape index (κ1) is 17.8. The van der Waals surface area contributed by atoms with E-state index in [4.69, 9.17) is 5.11 Å². The van der Waals surface area contributed by atoms with Gasteiger partial charge < -0.3 is 15.3 Å². The summed E-state index contributed by atoms with van der Waals surface area (Å²) in [7, 11) is 0. The summed E-state index contributed by atoms with van der Waals surface area (Å²) in [6, 6.07) is 0.202. The molecule has 0 aromatic heterocycles. The standard InChI is InChI=1S/C16H30N2O3/c1-12(2)9-10-18(13-7-5-6-8-13)15(21)17-11-16(3,4)14(19)20/h12-13H,5-11H2,1-4H3,(H,17,21)(H,19,20). The van der Waals surface area contributed by atoms with Gasteiger partial charge in [0.15, 0.2) is 0 Å². The SMILES string of the molecule is CC(C)CCN(C(=O)NCC(C)(C)C(=O)O)C1CCCC1. The zero-order valence-electron chi connectivity index (χ0n) is 13.8. The van der Waals surface area contributed by atoms with Crippen molar-refractivity contribution in [2.75, 3.05) is 13.1 Å². The van der Waals surface area contributed by atoms with Gasteiger partial charge in [0.1, 0.15) is 0 Å². The van der Waals surface area contributed by atoms with E-state index in [-0.39, 0.29) is 12.6 Å². The number of carbonyl (C=O) groups excluding carboxylic acids is 1. The van der Waals surface area contributed by atoms with Gasteiger partial charge in [-0.15, -0.1) is 0 Å². The Balaban J connectivity index is 2.60. The third-order valence-corrected chi connectivity index (χ3v) is 4.23. The fourth-order valence-corrected chi connectivity index (χ4v) is 2.54. The molecule has 2 N–H and O–H groups in total. The van der Waals surface area contributed by atoms with Crippen molar-refractivity contribution in [2.45, 2.75) is 65.8 Å². The van der Waals surface area contributed by atoms with E-state index in [0.29, 0.717) is 12.0 Å². The van der Waals surface area contributed by atoms with Gasteiger partial charge in [-0.2, -0.15) is 0 Å². The van der Waals surface area contributed by atoms with Crippen LogP contribution in [0.15, 0.2) is 0 Å². The smallest absolute Gasteiger partial charge is 0.317 e. The van der Waals surface area contributed by atoms with Crippen LogP contribution in [0.2, 0.25) is 0 Å². The van der Waals surface area contributed by atoms with E-state index in [1.165, 1.54) is 12.8 Å². The minimum atomic E-state index is -0.935. The average Bonchev–Trinajstić information content (AvgIpc) is 2.90. The summed E-state index contributed by atoms with van der Waals surface area (Å²) in [5, 5.41) is 11.9. The molecule has 0 aromatic rings. The fourth-order valence-electron chi connectivity index (χ4n) is 2.54. The van der Waals surface area contributed by atoms with Crippen molar-refractivity contribution in [2.24, 2.45) is 11.3 Å². The molecule has 0 heterocycles. The number of nitrogens with zero attached hydrogens (tertiary/aromatic N) is 1. The van der Waals surface area contributed by atoms with Crippen LogP contribution in [0.3, 0.4) is 0 Å². The number of aliphatic carboxylic acids is 1. The first-order chi connectivity index (χ1) is 9.74. The predicted molar refractivity (Wildman–Crippen MR) is 83.2 cm³/mol. The maximum absolute atomic E-state index is 12.4. The van der Waals surface area contributed by atoms with Crippen LogP contribution in [0.5, 0.6) is 0 Å². The van der Waals surface area contributed by atoms with Crippen molar-refractivity contribution in [1.29, 1.82) is 0 Å². The van der Waals surface area contributed by atoms with Gasteiger partial charge in [0.05, 0.1) is 5.41 Å². The molecule has 1 fully saturated rings. The number of carboxylic acids is 1. The molecule has 0 unspecified atom stereocenters. The summed E-state index contributed by atoms with van der Waals surface area (Å²) in [5.41, 5.74) is -0.935. The lowest BCUT2D eigenvalue weighted by atomic mass is 9.94. The Hall–Kier alpha value is -1.26. The molecule has 1 saturated carbocycles. The van der Waals surface area contributed by atoms with Crippen LogP contribution >= 0.6 is 0 Å². The number of carboxylic acid groups (broad SMARTS) is 1. The predicted octanol–water partition coefficient (Wildman–Crippen LogP) is 3.10. The quantitative estimate of drug-likeness (QED) is 0.759. The van der Waals surface area contributed by atoms with E-state index in [2.05, 4.69) is 19.2 Å². The minimum absolute atomic E-state index is 0.114. The summed E-state index contributed by atoms with van der Waals surface area (Å²) >= 11 is 0. The minimum Gasteiger partial charge on any atom is -0.481 e. The lowest BCUT2D eigenvalue weighted by molar-refractivity contribution is -0.146. The highest BCUT2D eigenvalue weighted by atomic mass is 16.4. The monoisotopic (exact) mass is 298 g/mol. The normalized spacial score (nSPS) is 16.2. The number of carbonyl (C=O) groups is 2. The number of urea groups is 1. The van der Waals surface area contributed by atoms with E-state index >= 15 is 0 Å². The molecular formula is C16H30N2O3. The van der Waals surface area contributed by atoms with Gasteiger partial charge in [-0.25, -0.2) is 4.79 Å². The molecule has 0 aliphatic heterocycles. The van der Waals surface area contributed by atoms with Crippen LogP contribution < -0.4 is 5.32 Å². The van der Waals surface area contributed by atoms with Crippen LogP contribution in [-0.2, 0) is 4.79 Å². The van der Waals surface area contributed by atoms with Crippen LogP contribution in [0, 0.1) is 11.3 Å². The zero-order valence-corrected chi connectivity index (χ0v) is 13.8. The number of nitrogens with one attached hydrogen (secondary N) is 1. The molecule has 5 heteroatoms. The molecule has 0 spiro atoms. The van der Waals surface area contributed by atoms with E-state index < -0.39 is 11.4 Å².